The maximum absolute atomic E-state index is 15.9. The van der Waals surface area contributed by atoms with E-state index in [0.717, 1.165) is 0 Å². The zero-order valence-electron chi connectivity index (χ0n) is 18.5. The predicted molar refractivity (Wildman–Crippen MR) is 123 cm³/mol. The molecule has 1 aliphatic carbocycles. The second-order valence-electron chi connectivity index (χ2n) is 8.72. The molecule has 0 aliphatic heterocycles. The van der Waals surface area contributed by atoms with Crippen LogP contribution in [0.15, 0.2) is 42.5 Å². The van der Waals surface area contributed by atoms with Crippen LogP contribution < -0.4 is 10.5 Å². The number of nitriles is 1. The quantitative estimate of drug-likeness (QED) is 0.460. The van der Waals surface area contributed by atoms with Gasteiger partial charge in [-0.25, -0.2) is 18.4 Å². The number of ether oxygens (including phenoxy) is 1. The lowest BCUT2D eigenvalue weighted by molar-refractivity contribution is -0.0535. The molecule has 0 radical (unpaired) electrons. The van der Waals surface area contributed by atoms with Gasteiger partial charge in [0.25, 0.3) is 0 Å². The molecule has 1 fully saturated rings. The van der Waals surface area contributed by atoms with Crippen LogP contribution >= 0.6 is 0 Å². The van der Waals surface area contributed by atoms with Crippen molar-refractivity contribution in [2.24, 2.45) is 0 Å². The Hall–Kier alpha value is -4.03. The van der Waals surface area contributed by atoms with Crippen LogP contribution in [0.2, 0.25) is 0 Å². The third-order valence-electron chi connectivity index (χ3n) is 6.25. The Kier molecular flexibility index (Phi) is 4.99. The van der Waals surface area contributed by atoms with E-state index in [-0.39, 0.29) is 51.0 Å². The van der Waals surface area contributed by atoms with E-state index >= 15 is 8.78 Å². The highest BCUT2D eigenvalue weighted by Crippen LogP contribution is 2.44. The van der Waals surface area contributed by atoms with E-state index in [1.54, 1.807) is 37.3 Å². The average molecular weight is 461 g/mol. The predicted octanol–water partition coefficient (Wildman–Crippen LogP) is 4.59. The summed E-state index contributed by atoms with van der Waals surface area (Å²) in [4.78, 5) is 4.29. The molecule has 0 bridgehead atoms. The van der Waals surface area contributed by atoms with Crippen molar-refractivity contribution in [1.82, 2.24) is 14.8 Å². The molecule has 7 nitrogen and oxygen atoms in total. The third kappa shape index (κ3) is 3.26. The van der Waals surface area contributed by atoms with Crippen LogP contribution in [-0.4, -0.2) is 32.6 Å². The normalized spacial score (nSPS) is 19.6. The number of pyridine rings is 1. The largest absolute Gasteiger partial charge is 0.493 e. The number of anilines is 1. The van der Waals surface area contributed by atoms with Crippen LogP contribution in [0.1, 0.15) is 31.4 Å². The Balaban J connectivity index is 1.72. The average Bonchev–Trinajstić information content (AvgIpc) is 3.13. The first kappa shape index (κ1) is 21.8. The van der Waals surface area contributed by atoms with E-state index in [4.69, 9.17) is 10.5 Å². The van der Waals surface area contributed by atoms with Crippen LogP contribution in [-0.2, 0) is 0 Å². The summed E-state index contributed by atoms with van der Waals surface area (Å²) in [6.07, 6.45) is 0.837. The van der Waals surface area contributed by atoms with Gasteiger partial charge in [-0.2, -0.15) is 10.4 Å². The number of benzene rings is 2. The molecule has 0 saturated heterocycles. The van der Waals surface area contributed by atoms with Crippen molar-refractivity contribution in [3.63, 3.8) is 0 Å². The topological polar surface area (TPSA) is 110 Å². The monoisotopic (exact) mass is 461 g/mol. The van der Waals surface area contributed by atoms with E-state index in [0.29, 0.717) is 18.4 Å². The summed E-state index contributed by atoms with van der Waals surface area (Å²) >= 11 is 0. The zero-order chi connectivity index (χ0) is 24.2. The van der Waals surface area contributed by atoms with Crippen molar-refractivity contribution >= 4 is 16.7 Å². The summed E-state index contributed by atoms with van der Waals surface area (Å²) < 4.78 is 37.8. The van der Waals surface area contributed by atoms with Gasteiger partial charge in [-0.15, -0.1) is 0 Å². The number of rotatable bonds is 4. The highest BCUT2D eigenvalue weighted by molar-refractivity contribution is 5.92. The molecule has 0 amide bonds. The van der Waals surface area contributed by atoms with Gasteiger partial charge in [0.2, 0.25) is 0 Å². The minimum Gasteiger partial charge on any atom is -0.493 e. The molecule has 2 aromatic carbocycles. The molecule has 34 heavy (non-hydrogen) atoms. The number of halogens is 2. The fraction of sp³-hybridized carbons (Fsp3) is 0.240. The lowest BCUT2D eigenvalue weighted by Crippen LogP contribution is -2.42. The molecule has 3 N–H and O–H groups in total. The third-order valence-corrected chi connectivity index (χ3v) is 6.25. The molecule has 1 aliphatic rings. The van der Waals surface area contributed by atoms with Crippen LogP contribution in [0.3, 0.4) is 0 Å². The summed E-state index contributed by atoms with van der Waals surface area (Å²) in [7, 11) is 1.31. The molecule has 2 heterocycles. The summed E-state index contributed by atoms with van der Waals surface area (Å²) in [5.41, 5.74) is 5.75. The maximum Gasteiger partial charge on any atom is 0.191 e. The standard InChI is InChI=1S/C25H21F2N5O2/c1-25(33)10-14(11-25)32-24(29)17(12-28)21(31-32)15-8-9-16-22(18(15)26)30-20(19(27)23(16)34-2)13-6-4-3-5-7-13/h3-9,14,33H,10-11,29H2,1-2H3/t14-,25+. The Morgan fingerprint density at radius 1 is 1.15 bits per heavy atom. The molecular weight excluding hydrogens is 440 g/mol. The number of fused-ring (bicyclic) bond motifs is 1. The van der Waals surface area contributed by atoms with Crippen molar-refractivity contribution in [2.45, 2.75) is 31.4 Å². The van der Waals surface area contributed by atoms with Crippen molar-refractivity contribution < 1.29 is 18.6 Å². The lowest BCUT2D eigenvalue weighted by Gasteiger charge is -2.41. The van der Waals surface area contributed by atoms with Crippen molar-refractivity contribution in [3.05, 3.63) is 59.7 Å². The summed E-state index contributed by atoms with van der Waals surface area (Å²) in [5, 5.41) is 24.4. The number of aromatic nitrogens is 3. The number of methoxy groups -OCH3 is 1. The first-order valence-electron chi connectivity index (χ1n) is 10.7. The highest BCUT2D eigenvalue weighted by atomic mass is 19.1. The van der Waals surface area contributed by atoms with E-state index in [1.807, 2.05) is 6.07 Å². The Bertz CT molecular complexity index is 1470. The van der Waals surface area contributed by atoms with Gasteiger partial charge in [-0.1, -0.05) is 30.3 Å². The molecule has 0 unspecified atom stereocenters. The van der Waals surface area contributed by atoms with Gasteiger partial charge < -0.3 is 15.6 Å². The fourth-order valence-electron chi connectivity index (χ4n) is 4.57. The number of nitrogen functional groups attached to an aromatic ring is 1. The van der Waals surface area contributed by atoms with Crippen molar-refractivity contribution in [3.8, 4) is 34.3 Å². The van der Waals surface area contributed by atoms with Gasteiger partial charge in [0.15, 0.2) is 17.4 Å². The number of aliphatic hydroxyl groups is 1. The fourth-order valence-corrected chi connectivity index (χ4v) is 4.57. The second kappa shape index (κ2) is 7.78. The SMILES string of the molecule is COc1c(F)c(-c2ccccc2)nc2c(F)c(-c3nn([C@H]4C[C@@](C)(O)C4)c(N)c3C#N)ccc12. The van der Waals surface area contributed by atoms with Gasteiger partial charge in [-0.05, 0) is 31.9 Å². The highest BCUT2D eigenvalue weighted by Gasteiger charge is 2.41. The zero-order valence-corrected chi connectivity index (χ0v) is 18.5. The van der Waals surface area contributed by atoms with Crippen molar-refractivity contribution in [2.75, 3.05) is 12.8 Å². The molecule has 5 rings (SSSR count). The molecule has 1 saturated carbocycles. The van der Waals surface area contributed by atoms with Gasteiger partial charge in [0.1, 0.15) is 34.4 Å². The van der Waals surface area contributed by atoms with Crippen LogP contribution in [0, 0.1) is 23.0 Å². The molecule has 0 spiro atoms. The molecular formula is C25H21F2N5O2. The minimum atomic E-state index is -0.831. The first-order valence-corrected chi connectivity index (χ1v) is 10.7. The van der Waals surface area contributed by atoms with Gasteiger partial charge in [-0.3, -0.25) is 0 Å². The maximum atomic E-state index is 15.9. The summed E-state index contributed by atoms with van der Waals surface area (Å²) in [6, 6.07) is 13.3. The molecule has 0 atom stereocenters. The summed E-state index contributed by atoms with van der Waals surface area (Å²) in [5.74, 6) is -1.49. The van der Waals surface area contributed by atoms with Crippen LogP contribution in [0.25, 0.3) is 33.4 Å². The number of hydrogen-bond donors (Lipinski definition) is 2. The van der Waals surface area contributed by atoms with Gasteiger partial charge in [0.05, 0.1) is 18.8 Å². The summed E-state index contributed by atoms with van der Waals surface area (Å²) in [6.45, 7) is 1.71. The minimum absolute atomic E-state index is 0.0146. The van der Waals surface area contributed by atoms with Crippen molar-refractivity contribution in [1.29, 1.82) is 5.26 Å². The van der Waals surface area contributed by atoms with E-state index in [9.17, 15) is 10.4 Å². The number of nitrogens with zero attached hydrogens (tertiary/aromatic N) is 4. The molecule has 9 heteroatoms. The Morgan fingerprint density at radius 2 is 1.85 bits per heavy atom. The molecule has 172 valence electrons. The first-order chi connectivity index (χ1) is 16.3. The number of hydrogen-bond acceptors (Lipinski definition) is 6. The Morgan fingerprint density at radius 3 is 2.47 bits per heavy atom. The second-order valence-corrected chi connectivity index (χ2v) is 8.72. The number of nitrogens with two attached hydrogens (primary N) is 1. The molecule has 2 aromatic heterocycles. The van der Waals surface area contributed by atoms with Gasteiger partial charge >= 0.3 is 0 Å². The van der Waals surface area contributed by atoms with Gasteiger partial charge in [0, 0.05) is 16.5 Å². The Labute approximate surface area is 194 Å². The molecule has 4 aromatic rings. The van der Waals surface area contributed by atoms with Crippen LogP contribution in [0.5, 0.6) is 5.75 Å². The lowest BCUT2D eigenvalue weighted by atomic mass is 9.77. The smallest absolute Gasteiger partial charge is 0.191 e. The van der Waals surface area contributed by atoms with E-state index in [2.05, 4.69) is 10.1 Å². The van der Waals surface area contributed by atoms with E-state index in [1.165, 1.54) is 23.9 Å². The van der Waals surface area contributed by atoms with E-state index < -0.39 is 17.2 Å². The van der Waals surface area contributed by atoms with Crippen LogP contribution in [0.4, 0.5) is 14.6 Å².